The number of hydrogen-bond donors (Lipinski definition) is 5. The van der Waals surface area contributed by atoms with Gasteiger partial charge in [-0.1, -0.05) is 18.2 Å². The largest absolute Gasteiger partial charge is 0.404 e. The number of rotatable bonds is 8. The molecule has 5 nitrogen and oxygen atoms in total. The molecular weight excluding hydrogens is 341 g/mol. The number of nitrogens with one attached hydrogen (secondary N) is 3. The molecule has 134 valence electrons. The fourth-order valence-electron chi connectivity index (χ4n) is 2.40. The molecule has 7 heteroatoms. The number of alkyl halides is 1. The van der Waals surface area contributed by atoms with Gasteiger partial charge in [0.15, 0.2) is 0 Å². The molecule has 0 atom stereocenters. The van der Waals surface area contributed by atoms with Gasteiger partial charge in [-0.15, -0.1) is 11.6 Å². The third-order valence-electron chi connectivity index (χ3n) is 3.67. The maximum absolute atomic E-state index is 14.1. The summed E-state index contributed by atoms with van der Waals surface area (Å²) in [7, 11) is 0. The summed E-state index contributed by atoms with van der Waals surface area (Å²) in [5.74, 6) is 0.841. The van der Waals surface area contributed by atoms with E-state index in [0.717, 1.165) is 16.7 Å². The van der Waals surface area contributed by atoms with Crippen LogP contribution in [0.1, 0.15) is 6.92 Å². The van der Waals surface area contributed by atoms with E-state index < -0.39 is 0 Å². The van der Waals surface area contributed by atoms with Crippen LogP contribution in [-0.4, -0.2) is 24.0 Å². The zero-order valence-corrected chi connectivity index (χ0v) is 14.8. The van der Waals surface area contributed by atoms with E-state index >= 15 is 0 Å². The Morgan fingerprint density at radius 3 is 2.84 bits per heavy atom. The number of hydrogen-bond acceptors (Lipinski definition) is 4. The molecule has 1 aromatic heterocycles. The number of nitrogen functional groups attached to an aromatic ring is 1. The van der Waals surface area contributed by atoms with Crippen molar-refractivity contribution >= 4 is 28.8 Å². The third kappa shape index (κ3) is 4.70. The van der Waals surface area contributed by atoms with E-state index in [2.05, 4.69) is 15.6 Å². The van der Waals surface area contributed by atoms with Crippen molar-refractivity contribution in [3.8, 4) is 11.1 Å². The van der Waals surface area contributed by atoms with Gasteiger partial charge < -0.3 is 27.1 Å². The lowest BCUT2D eigenvalue weighted by Crippen LogP contribution is -2.07. The molecule has 0 saturated carbocycles. The number of aromatic nitrogens is 1. The molecule has 0 aliphatic rings. The average molecular weight is 364 g/mol. The van der Waals surface area contributed by atoms with Crippen molar-refractivity contribution in [1.29, 1.82) is 0 Å². The van der Waals surface area contributed by atoms with Gasteiger partial charge in [-0.25, -0.2) is 4.39 Å². The van der Waals surface area contributed by atoms with Crippen molar-refractivity contribution in [3.05, 3.63) is 54.1 Å². The molecule has 1 aromatic carbocycles. The fourth-order valence-corrected chi connectivity index (χ4v) is 2.50. The maximum atomic E-state index is 14.1. The van der Waals surface area contributed by atoms with E-state index in [9.17, 15) is 4.39 Å². The summed E-state index contributed by atoms with van der Waals surface area (Å²) in [6, 6.07) is 4.83. The van der Waals surface area contributed by atoms with Gasteiger partial charge in [-0.05, 0) is 36.4 Å². The molecule has 0 aliphatic heterocycles. The van der Waals surface area contributed by atoms with Crippen molar-refractivity contribution in [3.63, 3.8) is 0 Å². The SMILES string of the molecule is C/C=C\C(=C/N)CNc1cc(-c2c[nH]c(NCCCl)c2N)ccc1F. The van der Waals surface area contributed by atoms with E-state index in [4.69, 9.17) is 23.1 Å². The first kappa shape index (κ1) is 18.7. The fraction of sp³-hybridized carbons (Fsp3) is 0.222. The lowest BCUT2D eigenvalue weighted by atomic mass is 10.1. The van der Waals surface area contributed by atoms with Crippen LogP contribution < -0.4 is 22.1 Å². The number of benzene rings is 1. The second-order valence-corrected chi connectivity index (χ2v) is 5.77. The zero-order chi connectivity index (χ0) is 18.2. The number of aromatic amines is 1. The molecule has 0 aliphatic carbocycles. The minimum absolute atomic E-state index is 0.338. The molecule has 0 radical (unpaired) electrons. The van der Waals surface area contributed by atoms with Gasteiger partial charge in [-0.2, -0.15) is 0 Å². The molecule has 2 rings (SSSR count). The predicted octanol–water partition coefficient (Wildman–Crippen LogP) is 3.88. The summed E-state index contributed by atoms with van der Waals surface area (Å²) >= 11 is 5.68. The highest BCUT2D eigenvalue weighted by atomic mass is 35.5. The molecule has 2 aromatic rings. The average Bonchev–Trinajstić information content (AvgIpc) is 2.98. The van der Waals surface area contributed by atoms with Gasteiger partial charge in [0.25, 0.3) is 0 Å². The summed E-state index contributed by atoms with van der Waals surface area (Å²) in [5.41, 5.74) is 15.1. The van der Waals surface area contributed by atoms with E-state index in [1.807, 2.05) is 19.1 Å². The molecule has 0 saturated heterocycles. The van der Waals surface area contributed by atoms with Gasteiger partial charge in [-0.3, -0.25) is 0 Å². The van der Waals surface area contributed by atoms with E-state index in [0.29, 0.717) is 36.2 Å². The highest BCUT2D eigenvalue weighted by Crippen LogP contribution is 2.33. The van der Waals surface area contributed by atoms with Crippen molar-refractivity contribution < 1.29 is 4.39 Å². The van der Waals surface area contributed by atoms with Crippen LogP contribution in [0, 0.1) is 5.82 Å². The first-order valence-electron chi connectivity index (χ1n) is 7.94. The molecule has 25 heavy (non-hydrogen) atoms. The van der Waals surface area contributed by atoms with Crippen molar-refractivity contribution in [2.24, 2.45) is 5.73 Å². The monoisotopic (exact) mass is 363 g/mol. The summed E-state index contributed by atoms with van der Waals surface area (Å²) in [4.78, 5) is 3.07. The van der Waals surface area contributed by atoms with Crippen LogP contribution in [0.4, 0.5) is 21.6 Å². The highest BCUT2D eigenvalue weighted by Gasteiger charge is 2.12. The van der Waals surface area contributed by atoms with Gasteiger partial charge >= 0.3 is 0 Å². The molecule has 0 fully saturated rings. The Labute approximate surface area is 151 Å². The van der Waals surface area contributed by atoms with Crippen LogP contribution in [0.3, 0.4) is 0 Å². The molecule has 1 heterocycles. The van der Waals surface area contributed by atoms with Crippen LogP contribution in [-0.2, 0) is 0 Å². The summed E-state index contributed by atoms with van der Waals surface area (Å²) in [6.45, 7) is 2.92. The minimum atomic E-state index is -0.338. The Morgan fingerprint density at radius 2 is 2.16 bits per heavy atom. The second kappa shape index (κ2) is 9.03. The normalized spacial score (nSPS) is 11.9. The number of nitrogens with two attached hydrogens (primary N) is 2. The van der Waals surface area contributed by atoms with Crippen molar-refractivity contribution in [1.82, 2.24) is 4.98 Å². The van der Waals surface area contributed by atoms with Crippen molar-refractivity contribution in [2.75, 3.05) is 35.3 Å². The number of allylic oxidation sites excluding steroid dienone is 1. The summed E-state index contributed by atoms with van der Waals surface area (Å²) in [6.07, 6.45) is 7.03. The van der Waals surface area contributed by atoms with E-state index in [1.165, 1.54) is 12.3 Å². The molecule has 7 N–H and O–H groups in total. The molecule has 0 spiro atoms. The standard InChI is InChI=1S/C18H23ClFN5/c1-2-3-12(9-21)10-24-16-8-13(4-5-15(16)20)14-11-25-18(17(14)22)23-7-6-19/h2-5,8-9,11,23-25H,6-7,10,21-22H2,1H3/b3-2-,12-9+. The first-order valence-corrected chi connectivity index (χ1v) is 8.48. The van der Waals surface area contributed by atoms with E-state index in [-0.39, 0.29) is 5.82 Å². The zero-order valence-electron chi connectivity index (χ0n) is 14.1. The molecular formula is C18H23ClFN5. The van der Waals surface area contributed by atoms with Crippen LogP contribution in [0.5, 0.6) is 0 Å². The number of H-pyrrole nitrogens is 1. The summed E-state index contributed by atoms with van der Waals surface area (Å²) < 4.78 is 14.1. The topological polar surface area (TPSA) is 91.9 Å². The second-order valence-electron chi connectivity index (χ2n) is 5.40. The molecule has 0 unspecified atom stereocenters. The maximum Gasteiger partial charge on any atom is 0.146 e. The molecule has 0 amide bonds. The Morgan fingerprint density at radius 1 is 1.36 bits per heavy atom. The lowest BCUT2D eigenvalue weighted by molar-refractivity contribution is 0.631. The third-order valence-corrected chi connectivity index (χ3v) is 3.86. The smallest absolute Gasteiger partial charge is 0.146 e. The number of halogens is 2. The van der Waals surface area contributed by atoms with Gasteiger partial charge in [0.05, 0.1) is 11.4 Å². The van der Waals surface area contributed by atoms with Crippen LogP contribution in [0.15, 0.2) is 48.3 Å². The Kier molecular flexibility index (Phi) is 6.77. The first-order chi connectivity index (χ1) is 12.1. The Balaban J connectivity index is 2.22. The number of anilines is 3. The Hall–Kier alpha value is -2.60. The van der Waals surface area contributed by atoms with E-state index in [1.54, 1.807) is 18.3 Å². The lowest BCUT2D eigenvalue weighted by Gasteiger charge is -2.10. The van der Waals surface area contributed by atoms with Crippen LogP contribution in [0.25, 0.3) is 11.1 Å². The van der Waals surface area contributed by atoms with Gasteiger partial charge in [0.1, 0.15) is 11.6 Å². The quantitative estimate of drug-likeness (QED) is 0.363. The molecule has 0 bridgehead atoms. The van der Waals surface area contributed by atoms with Gasteiger partial charge in [0.2, 0.25) is 0 Å². The highest BCUT2D eigenvalue weighted by molar-refractivity contribution is 6.18. The van der Waals surface area contributed by atoms with Gasteiger partial charge in [0, 0.05) is 30.7 Å². The minimum Gasteiger partial charge on any atom is -0.404 e. The van der Waals surface area contributed by atoms with Crippen LogP contribution >= 0.6 is 11.6 Å². The van der Waals surface area contributed by atoms with Crippen LogP contribution in [0.2, 0.25) is 0 Å². The van der Waals surface area contributed by atoms with Crippen molar-refractivity contribution in [2.45, 2.75) is 6.92 Å². The predicted molar refractivity (Wildman–Crippen MR) is 105 cm³/mol. The summed E-state index contributed by atoms with van der Waals surface area (Å²) in [5, 5.41) is 6.17. The Bertz CT molecular complexity index is 767.